The summed E-state index contributed by atoms with van der Waals surface area (Å²) in [6.45, 7) is 0.230. The van der Waals surface area contributed by atoms with Crippen molar-refractivity contribution in [1.82, 2.24) is 4.31 Å². The highest BCUT2D eigenvalue weighted by molar-refractivity contribution is 7.89. The number of aliphatic carboxylic acids is 1. The molecular weight excluding hydrogens is 342 g/mol. The van der Waals surface area contributed by atoms with E-state index in [2.05, 4.69) is 0 Å². The summed E-state index contributed by atoms with van der Waals surface area (Å²) in [4.78, 5) is 11.4. The van der Waals surface area contributed by atoms with E-state index in [9.17, 15) is 18.3 Å². The van der Waals surface area contributed by atoms with Gasteiger partial charge in [-0.25, -0.2) is 8.42 Å². The second kappa shape index (κ2) is 5.96. The molecule has 0 bridgehead atoms. The van der Waals surface area contributed by atoms with Crippen LogP contribution < -0.4 is 4.74 Å². The van der Waals surface area contributed by atoms with E-state index in [-0.39, 0.29) is 34.7 Å². The molecule has 1 heterocycles. The Morgan fingerprint density at radius 2 is 2.04 bits per heavy atom. The molecule has 6 nitrogen and oxygen atoms in total. The van der Waals surface area contributed by atoms with Crippen LogP contribution >= 0.6 is 11.6 Å². The van der Waals surface area contributed by atoms with E-state index in [0.29, 0.717) is 5.92 Å². The molecule has 0 aromatic heterocycles. The molecule has 0 radical (unpaired) electrons. The number of sulfonamides is 1. The summed E-state index contributed by atoms with van der Waals surface area (Å²) in [7, 11) is -2.46. The number of carboxylic acids is 1. The maximum absolute atomic E-state index is 12.9. The first-order valence-electron chi connectivity index (χ1n) is 7.41. The van der Waals surface area contributed by atoms with Crippen molar-refractivity contribution in [2.45, 2.75) is 17.7 Å². The molecule has 1 saturated heterocycles. The van der Waals surface area contributed by atoms with Gasteiger partial charge in [-0.2, -0.15) is 4.31 Å². The molecule has 8 heteroatoms. The van der Waals surface area contributed by atoms with E-state index in [1.807, 2.05) is 0 Å². The van der Waals surface area contributed by atoms with E-state index >= 15 is 0 Å². The van der Waals surface area contributed by atoms with Gasteiger partial charge in [-0.1, -0.05) is 11.6 Å². The summed E-state index contributed by atoms with van der Waals surface area (Å²) in [5, 5.41) is 9.68. The zero-order valence-corrected chi connectivity index (χ0v) is 14.2. The third-order valence-corrected chi connectivity index (χ3v) is 6.71. The number of hydrogen-bond donors (Lipinski definition) is 1. The molecule has 1 N–H and O–H groups in total. The Bertz CT molecular complexity index is 731. The summed E-state index contributed by atoms with van der Waals surface area (Å²) in [5.41, 5.74) is 0. The van der Waals surface area contributed by atoms with Crippen molar-refractivity contribution >= 4 is 27.6 Å². The molecule has 2 fully saturated rings. The normalized spacial score (nSPS) is 25.5. The van der Waals surface area contributed by atoms with Crippen molar-refractivity contribution in [2.75, 3.05) is 20.2 Å². The zero-order valence-electron chi connectivity index (χ0n) is 12.6. The van der Waals surface area contributed by atoms with Crippen LogP contribution in [0.2, 0.25) is 5.02 Å². The monoisotopic (exact) mass is 359 g/mol. The first-order chi connectivity index (χ1) is 10.8. The number of rotatable bonds is 5. The highest BCUT2D eigenvalue weighted by Gasteiger charge is 2.49. The molecule has 1 aliphatic heterocycles. The third kappa shape index (κ3) is 3.05. The van der Waals surface area contributed by atoms with Gasteiger partial charge in [0.2, 0.25) is 10.0 Å². The van der Waals surface area contributed by atoms with Gasteiger partial charge in [0.1, 0.15) is 10.6 Å². The minimum Gasteiger partial charge on any atom is -0.495 e. The molecule has 126 valence electrons. The predicted molar refractivity (Wildman–Crippen MR) is 84.1 cm³/mol. The van der Waals surface area contributed by atoms with E-state index in [1.165, 1.54) is 23.5 Å². The van der Waals surface area contributed by atoms with Gasteiger partial charge in [0.25, 0.3) is 0 Å². The summed E-state index contributed by atoms with van der Waals surface area (Å²) in [6.07, 6.45) is 1.95. The van der Waals surface area contributed by atoms with Crippen LogP contribution in [0.3, 0.4) is 0 Å². The Hall–Kier alpha value is -1.31. The molecule has 2 atom stereocenters. The highest BCUT2D eigenvalue weighted by Crippen LogP contribution is 2.45. The second-order valence-corrected chi connectivity index (χ2v) is 8.41. The summed E-state index contributed by atoms with van der Waals surface area (Å²) in [5.74, 6) is -1.18. The van der Waals surface area contributed by atoms with Gasteiger partial charge in [-0.15, -0.1) is 0 Å². The lowest BCUT2D eigenvalue weighted by Crippen LogP contribution is -2.30. The van der Waals surface area contributed by atoms with Gasteiger partial charge in [-0.05, 0) is 42.9 Å². The van der Waals surface area contributed by atoms with Crippen LogP contribution in [0.4, 0.5) is 0 Å². The minimum absolute atomic E-state index is 0.00546. The van der Waals surface area contributed by atoms with Gasteiger partial charge in [-0.3, -0.25) is 4.79 Å². The van der Waals surface area contributed by atoms with E-state index < -0.39 is 21.9 Å². The van der Waals surface area contributed by atoms with Crippen molar-refractivity contribution < 1.29 is 23.1 Å². The lowest BCUT2D eigenvalue weighted by molar-refractivity contribution is -0.142. The Labute approximate surface area is 140 Å². The van der Waals surface area contributed by atoms with Gasteiger partial charge in [0.05, 0.1) is 13.0 Å². The Morgan fingerprint density at radius 3 is 2.61 bits per heavy atom. The van der Waals surface area contributed by atoms with Crippen LogP contribution in [0.5, 0.6) is 5.75 Å². The summed E-state index contributed by atoms with van der Waals surface area (Å²) < 4.78 is 32.2. The van der Waals surface area contributed by atoms with E-state index in [0.717, 1.165) is 12.8 Å². The fourth-order valence-corrected chi connectivity index (χ4v) is 5.16. The predicted octanol–water partition coefficient (Wildman–Crippen LogP) is 2.08. The molecule has 3 rings (SSSR count). The SMILES string of the molecule is COc1ccc(Cl)cc1S(=O)(=O)N1C[C@@H](C(=O)O)[C@H](C2CC2)C1. The largest absolute Gasteiger partial charge is 0.495 e. The van der Waals surface area contributed by atoms with Gasteiger partial charge < -0.3 is 9.84 Å². The van der Waals surface area contributed by atoms with Crippen molar-refractivity contribution in [2.24, 2.45) is 17.8 Å². The molecular formula is C15H18ClNO5S. The Kier molecular flexibility index (Phi) is 4.29. The molecule has 1 aromatic carbocycles. The van der Waals surface area contributed by atoms with Crippen LogP contribution in [0.25, 0.3) is 0 Å². The fraction of sp³-hybridized carbons (Fsp3) is 0.533. The smallest absolute Gasteiger partial charge is 0.308 e. The number of nitrogens with zero attached hydrogens (tertiary/aromatic N) is 1. The minimum atomic E-state index is -3.85. The molecule has 0 unspecified atom stereocenters. The van der Waals surface area contributed by atoms with Crippen LogP contribution in [0.15, 0.2) is 23.1 Å². The number of ether oxygens (including phenoxy) is 1. The molecule has 1 aromatic rings. The summed E-state index contributed by atoms with van der Waals surface area (Å²) >= 11 is 5.92. The first kappa shape index (κ1) is 16.5. The number of carbonyl (C=O) groups is 1. The standard InChI is InChI=1S/C15H18ClNO5S/c1-22-13-5-4-10(16)6-14(13)23(20,21)17-7-11(9-2-3-9)12(8-17)15(18)19/h4-6,9,11-12H,2-3,7-8H2,1H3,(H,18,19)/t11-,12+/m0/s1. The molecule has 0 amide bonds. The maximum atomic E-state index is 12.9. The molecule has 2 aliphatic rings. The number of benzene rings is 1. The van der Waals surface area contributed by atoms with Crippen molar-refractivity contribution in [3.63, 3.8) is 0 Å². The Balaban J connectivity index is 1.94. The Morgan fingerprint density at radius 1 is 1.35 bits per heavy atom. The van der Waals surface area contributed by atoms with Crippen molar-refractivity contribution in [3.8, 4) is 5.75 Å². The highest BCUT2D eigenvalue weighted by atomic mass is 35.5. The van der Waals surface area contributed by atoms with E-state index in [4.69, 9.17) is 16.3 Å². The number of methoxy groups -OCH3 is 1. The zero-order chi connectivity index (χ0) is 16.8. The van der Waals surface area contributed by atoms with Crippen LogP contribution in [-0.4, -0.2) is 44.0 Å². The van der Waals surface area contributed by atoms with Crippen LogP contribution in [0, 0.1) is 17.8 Å². The second-order valence-electron chi connectivity index (χ2n) is 6.06. The lowest BCUT2D eigenvalue weighted by atomic mass is 9.92. The number of hydrogen-bond acceptors (Lipinski definition) is 4. The van der Waals surface area contributed by atoms with Crippen molar-refractivity contribution in [1.29, 1.82) is 0 Å². The molecule has 1 aliphatic carbocycles. The quantitative estimate of drug-likeness (QED) is 0.870. The van der Waals surface area contributed by atoms with Gasteiger partial charge in [0, 0.05) is 18.1 Å². The number of halogens is 1. The topological polar surface area (TPSA) is 83.9 Å². The fourth-order valence-electron chi connectivity index (χ4n) is 3.24. The molecule has 0 spiro atoms. The van der Waals surface area contributed by atoms with Gasteiger partial charge in [0.15, 0.2) is 0 Å². The third-order valence-electron chi connectivity index (χ3n) is 4.62. The molecule has 23 heavy (non-hydrogen) atoms. The van der Waals surface area contributed by atoms with E-state index in [1.54, 1.807) is 6.07 Å². The average molecular weight is 360 g/mol. The average Bonchev–Trinajstić information content (AvgIpc) is 3.24. The van der Waals surface area contributed by atoms with Crippen LogP contribution in [0.1, 0.15) is 12.8 Å². The lowest BCUT2D eigenvalue weighted by Gasteiger charge is -2.18. The van der Waals surface area contributed by atoms with Gasteiger partial charge >= 0.3 is 5.97 Å². The number of carboxylic acid groups (broad SMARTS) is 1. The summed E-state index contributed by atoms with van der Waals surface area (Å²) in [6, 6.07) is 4.39. The van der Waals surface area contributed by atoms with Crippen molar-refractivity contribution in [3.05, 3.63) is 23.2 Å². The maximum Gasteiger partial charge on any atom is 0.308 e. The van der Waals surface area contributed by atoms with Crippen LogP contribution in [-0.2, 0) is 14.8 Å². The molecule has 1 saturated carbocycles. The first-order valence-corrected chi connectivity index (χ1v) is 9.23.